The first-order valence-corrected chi connectivity index (χ1v) is 7.24. The van der Waals surface area contributed by atoms with E-state index >= 15 is 0 Å². The molecular formula is C16H24N2O. The average molecular weight is 260 g/mol. The maximum atomic E-state index is 5.85. The zero-order valence-electron chi connectivity index (χ0n) is 12.1. The van der Waals surface area contributed by atoms with E-state index in [9.17, 15) is 0 Å². The van der Waals surface area contributed by atoms with Gasteiger partial charge in [0.05, 0.1) is 18.8 Å². The van der Waals surface area contributed by atoms with Gasteiger partial charge in [0.1, 0.15) is 0 Å². The van der Waals surface area contributed by atoms with Crippen molar-refractivity contribution in [2.45, 2.75) is 38.3 Å². The van der Waals surface area contributed by atoms with Crippen molar-refractivity contribution in [1.29, 1.82) is 0 Å². The molecule has 1 aromatic rings. The average Bonchev–Trinajstić information content (AvgIpc) is 2.81. The Morgan fingerprint density at radius 3 is 2.84 bits per heavy atom. The van der Waals surface area contributed by atoms with Crippen molar-refractivity contribution in [3.63, 3.8) is 0 Å². The molecule has 1 aromatic carbocycles. The number of ether oxygens (including phenoxy) is 1. The number of morpholine rings is 1. The van der Waals surface area contributed by atoms with Gasteiger partial charge in [-0.25, -0.2) is 0 Å². The zero-order valence-corrected chi connectivity index (χ0v) is 12.1. The van der Waals surface area contributed by atoms with Crippen LogP contribution in [-0.4, -0.2) is 38.4 Å². The van der Waals surface area contributed by atoms with Gasteiger partial charge in [-0.3, -0.25) is 0 Å². The molecule has 1 N–H and O–H groups in total. The Balaban J connectivity index is 1.80. The van der Waals surface area contributed by atoms with Crippen LogP contribution in [0.2, 0.25) is 0 Å². The monoisotopic (exact) mass is 260 g/mol. The van der Waals surface area contributed by atoms with Crippen LogP contribution in [0.3, 0.4) is 0 Å². The van der Waals surface area contributed by atoms with Crippen LogP contribution in [0.15, 0.2) is 24.3 Å². The second kappa shape index (κ2) is 4.80. The van der Waals surface area contributed by atoms with Crippen LogP contribution in [0.1, 0.15) is 26.3 Å². The van der Waals surface area contributed by atoms with E-state index in [1.54, 1.807) is 0 Å². The number of hydrogen-bond donors (Lipinski definition) is 1. The number of anilines is 1. The lowest BCUT2D eigenvalue weighted by Crippen LogP contribution is -2.47. The molecule has 3 nitrogen and oxygen atoms in total. The Morgan fingerprint density at radius 2 is 2.11 bits per heavy atom. The fraction of sp³-hybridized carbons (Fsp3) is 0.625. The van der Waals surface area contributed by atoms with Crippen molar-refractivity contribution >= 4 is 5.69 Å². The number of fused-ring (bicyclic) bond motifs is 1. The summed E-state index contributed by atoms with van der Waals surface area (Å²) < 4.78 is 5.85. The van der Waals surface area contributed by atoms with Gasteiger partial charge in [0, 0.05) is 25.3 Å². The predicted octanol–water partition coefficient (Wildman–Crippen LogP) is 2.16. The summed E-state index contributed by atoms with van der Waals surface area (Å²) in [6.45, 7) is 10.7. The van der Waals surface area contributed by atoms with Crippen LogP contribution >= 0.6 is 0 Å². The van der Waals surface area contributed by atoms with Crippen LogP contribution in [0.5, 0.6) is 0 Å². The summed E-state index contributed by atoms with van der Waals surface area (Å²) in [4.78, 5) is 2.45. The first kappa shape index (κ1) is 12.9. The summed E-state index contributed by atoms with van der Waals surface area (Å²) in [5, 5.41) is 3.56. The Bertz CT molecular complexity index is 438. The zero-order chi connectivity index (χ0) is 13.5. The van der Waals surface area contributed by atoms with Crippen LogP contribution < -0.4 is 10.2 Å². The molecule has 2 atom stereocenters. The molecular weight excluding hydrogens is 236 g/mol. The summed E-state index contributed by atoms with van der Waals surface area (Å²) >= 11 is 0. The normalized spacial score (nSPS) is 27.4. The van der Waals surface area contributed by atoms with Gasteiger partial charge in [-0.2, -0.15) is 0 Å². The molecule has 2 saturated heterocycles. The number of nitrogens with one attached hydrogen (secondary N) is 1. The predicted molar refractivity (Wildman–Crippen MR) is 78.9 cm³/mol. The van der Waals surface area contributed by atoms with E-state index < -0.39 is 0 Å². The molecule has 0 bridgehead atoms. The minimum absolute atomic E-state index is 0.206. The summed E-state index contributed by atoms with van der Waals surface area (Å²) in [6, 6.07) is 9.43. The van der Waals surface area contributed by atoms with Crippen LogP contribution in [0.4, 0.5) is 5.69 Å². The molecule has 104 valence electrons. The smallest absolute Gasteiger partial charge is 0.0920 e. The van der Waals surface area contributed by atoms with Crippen LogP contribution in [0.25, 0.3) is 0 Å². The molecule has 2 aliphatic rings. The van der Waals surface area contributed by atoms with E-state index in [0.29, 0.717) is 12.1 Å². The van der Waals surface area contributed by atoms with Gasteiger partial charge in [-0.1, -0.05) is 32.9 Å². The Morgan fingerprint density at radius 1 is 1.26 bits per heavy atom. The Kier molecular flexibility index (Phi) is 3.27. The largest absolute Gasteiger partial charge is 0.373 e. The topological polar surface area (TPSA) is 24.5 Å². The molecule has 0 amide bonds. The number of benzene rings is 1. The summed E-state index contributed by atoms with van der Waals surface area (Å²) in [5.74, 6) is 0. The Hall–Kier alpha value is -1.06. The van der Waals surface area contributed by atoms with E-state index in [4.69, 9.17) is 4.74 Å². The lowest BCUT2D eigenvalue weighted by Gasteiger charge is -2.25. The lowest BCUT2D eigenvalue weighted by atomic mass is 9.87. The summed E-state index contributed by atoms with van der Waals surface area (Å²) in [7, 11) is 0. The molecule has 0 radical (unpaired) electrons. The van der Waals surface area contributed by atoms with Gasteiger partial charge >= 0.3 is 0 Å². The van der Waals surface area contributed by atoms with E-state index in [-0.39, 0.29) is 5.41 Å². The molecule has 2 fully saturated rings. The second-order valence-corrected chi connectivity index (χ2v) is 6.68. The van der Waals surface area contributed by atoms with Crippen molar-refractivity contribution in [2.75, 3.05) is 31.1 Å². The molecule has 2 heterocycles. The highest BCUT2D eigenvalue weighted by molar-refractivity contribution is 5.51. The standard InChI is InChI=1S/C16H24N2O/c1-16(2,3)12-5-4-6-13(9-12)18-10-14-15(11-18)19-8-7-17-14/h4-6,9,14-15,17H,7-8,10-11H2,1-3H3. The third kappa shape index (κ3) is 2.63. The molecule has 19 heavy (non-hydrogen) atoms. The lowest BCUT2D eigenvalue weighted by molar-refractivity contribution is 0.0212. The third-order valence-corrected chi connectivity index (χ3v) is 4.18. The molecule has 0 spiro atoms. The van der Waals surface area contributed by atoms with Crippen molar-refractivity contribution in [1.82, 2.24) is 5.32 Å². The van der Waals surface area contributed by atoms with Gasteiger partial charge in [-0.15, -0.1) is 0 Å². The fourth-order valence-electron chi connectivity index (χ4n) is 2.97. The summed E-state index contributed by atoms with van der Waals surface area (Å²) in [6.07, 6.45) is 0.354. The maximum absolute atomic E-state index is 5.85. The number of rotatable bonds is 1. The minimum atomic E-state index is 0.206. The van der Waals surface area contributed by atoms with Crippen LogP contribution in [-0.2, 0) is 10.2 Å². The van der Waals surface area contributed by atoms with E-state index in [0.717, 1.165) is 26.2 Å². The third-order valence-electron chi connectivity index (χ3n) is 4.18. The highest BCUT2D eigenvalue weighted by Gasteiger charge is 2.35. The fourth-order valence-corrected chi connectivity index (χ4v) is 2.97. The van der Waals surface area contributed by atoms with Crippen molar-refractivity contribution in [2.24, 2.45) is 0 Å². The molecule has 3 rings (SSSR count). The van der Waals surface area contributed by atoms with Gasteiger partial charge in [0.2, 0.25) is 0 Å². The molecule has 0 saturated carbocycles. The van der Waals surface area contributed by atoms with Gasteiger partial charge < -0.3 is 15.0 Å². The molecule has 0 aliphatic carbocycles. The second-order valence-electron chi connectivity index (χ2n) is 6.68. The van der Waals surface area contributed by atoms with Gasteiger partial charge in [0.25, 0.3) is 0 Å². The Labute approximate surface area is 115 Å². The van der Waals surface area contributed by atoms with E-state index in [2.05, 4.69) is 55.3 Å². The first-order valence-electron chi connectivity index (χ1n) is 7.24. The highest BCUT2D eigenvalue weighted by Crippen LogP contribution is 2.29. The first-order chi connectivity index (χ1) is 9.04. The molecule has 0 aromatic heterocycles. The highest BCUT2D eigenvalue weighted by atomic mass is 16.5. The van der Waals surface area contributed by atoms with Crippen molar-refractivity contribution in [3.8, 4) is 0 Å². The number of nitrogens with zero attached hydrogens (tertiary/aromatic N) is 1. The van der Waals surface area contributed by atoms with Crippen molar-refractivity contribution < 1.29 is 4.74 Å². The minimum Gasteiger partial charge on any atom is -0.373 e. The molecule has 3 heteroatoms. The quantitative estimate of drug-likeness (QED) is 0.837. The van der Waals surface area contributed by atoms with Crippen LogP contribution in [0, 0.1) is 0 Å². The van der Waals surface area contributed by atoms with Crippen molar-refractivity contribution in [3.05, 3.63) is 29.8 Å². The SMILES string of the molecule is CC(C)(C)c1cccc(N2CC3NCCOC3C2)c1. The van der Waals surface area contributed by atoms with Gasteiger partial charge in [0.15, 0.2) is 0 Å². The van der Waals surface area contributed by atoms with Gasteiger partial charge in [-0.05, 0) is 23.1 Å². The van der Waals surface area contributed by atoms with E-state index in [1.165, 1.54) is 11.3 Å². The molecule has 2 aliphatic heterocycles. The summed E-state index contributed by atoms with van der Waals surface area (Å²) in [5.41, 5.74) is 2.93. The number of hydrogen-bond acceptors (Lipinski definition) is 3. The van der Waals surface area contributed by atoms with E-state index in [1.807, 2.05) is 0 Å². The molecule has 2 unspecified atom stereocenters. The maximum Gasteiger partial charge on any atom is 0.0920 e.